The van der Waals surface area contributed by atoms with E-state index in [9.17, 15) is 10.1 Å². The highest BCUT2D eigenvalue weighted by Crippen LogP contribution is 2.29. The predicted molar refractivity (Wildman–Crippen MR) is 77.9 cm³/mol. The van der Waals surface area contributed by atoms with Crippen LogP contribution in [0.15, 0.2) is 12.1 Å². The minimum Gasteiger partial charge on any atom is -0.348 e. The molecule has 0 aliphatic rings. The molecule has 0 saturated heterocycles. The summed E-state index contributed by atoms with van der Waals surface area (Å²) in [4.78, 5) is 16.8. The first-order valence-corrected chi connectivity index (χ1v) is 6.92. The van der Waals surface area contributed by atoms with E-state index < -0.39 is 4.92 Å². The molecule has 0 N–H and O–H groups in total. The summed E-state index contributed by atoms with van der Waals surface area (Å²) in [6.07, 6.45) is 3.19. The summed E-state index contributed by atoms with van der Waals surface area (Å²) in [5, 5.41) is 11.4. The first-order chi connectivity index (χ1) is 8.97. The van der Waals surface area contributed by atoms with Crippen molar-refractivity contribution in [1.29, 1.82) is 0 Å². The van der Waals surface area contributed by atoms with Crippen molar-refractivity contribution in [3.05, 3.63) is 27.4 Å². The molecular weight excluding hydrogens is 266 g/mol. The van der Waals surface area contributed by atoms with Crippen LogP contribution in [-0.4, -0.2) is 22.5 Å². The average Bonchev–Trinajstić information content (AvgIpc) is 2.33. The van der Waals surface area contributed by atoms with Crippen LogP contribution in [0.3, 0.4) is 0 Å². The van der Waals surface area contributed by atoms with Gasteiger partial charge in [-0.15, -0.1) is 0 Å². The van der Waals surface area contributed by atoms with Crippen LogP contribution in [0.25, 0.3) is 0 Å². The molecule has 0 aromatic carbocycles. The molecule has 1 rings (SSSR count). The molecule has 0 amide bonds. The smallest absolute Gasteiger partial charge is 0.311 e. The molecule has 0 atom stereocenters. The predicted octanol–water partition coefficient (Wildman–Crippen LogP) is 4.05. The lowest BCUT2D eigenvalue weighted by atomic mass is 10.2. The Morgan fingerprint density at radius 3 is 2.63 bits per heavy atom. The van der Waals surface area contributed by atoms with Gasteiger partial charge in [0.25, 0.3) is 0 Å². The van der Waals surface area contributed by atoms with E-state index in [0.717, 1.165) is 25.8 Å². The number of aromatic nitrogens is 1. The fourth-order valence-corrected chi connectivity index (χ4v) is 2.06. The zero-order valence-corrected chi connectivity index (χ0v) is 12.4. The Bertz CT molecular complexity index is 438. The maximum absolute atomic E-state index is 11.1. The zero-order chi connectivity index (χ0) is 14.4. The molecule has 1 heterocycles. The van der Waals surface area contributed by atoms with E-state index in [1.54, 1.807) is 0 Å². The van der Waals surface area contributed by atoms with Gasteiger partial charge >= 0.3 is 5.69 Å². The Labute approximate surface area is 118 Å². The largest absolute Gasteiger partial charge is 0.348 e. The van der Waals surface area contributed by atoms with Crippen LogP contribution in [0, 0.1) is 10.1 Å². The maximum Gasteiger partial charge on any atom is 0.311 e. The monoisotopic (exact) mass is 285 g/mol. The molecule has 0 saturated carbocycles. The minimum atomic E-state index is -0.409. The van der Waals surface area contributed by atoms with Gasteiger partial charge in [0, 0.05) is 18.7 Å². The Morgan fingerprint density at radius 2 is 2.11 bits per heavy atom. The second-order valence-corrected chi connectivity index (χ2v) is 5.12. The molecule has 1 aromatic rings. The van der Waals surface area contributed by atoms with Crippen molar-refractivity contribution in [3.8, 4) is 0 Å². The van der Waals surface area contributed by atoms with Gasteiger partial charge in [0.15, 0.2) is 0 Å². The lowest BCUT2D eigenvalue weighted by Gasteiger charge is -2.27. The number of rotatable bonds is 7. The minimum absolute atomic E-state index is 0.00889. The summed E-state index contributed by atoms with van der Waals surface area (Å²) in [7, 11) is 0. The fourth-order valence-electron chi connectivity index (χ4n) is 1.91. The van der Waals surface area contributed by atoms with E-state index >= 15 is 0 Å². The summed E-state index contributed by atoms with van der Waals surface area (Å²) >= 11 is 5.87. The first-order valence-electron chi connectivity index (χ1n) is 6.55. The summed E-state index contributed by atoms with van der Waals surface area (Å²) < 4.78 is 0. The fraction of sp³-hybridized carbons (Fsp3) is 0.615. The zero-order valence-electron chi connectivity index (χ0n) is 11.6. The maximum atomic E-state index is 11.1. The third kappa shape index (κ3) is 4.35. The Kier molecular flexibility index (Phi) is 6.02. The summed E-state index contributed by atoms with van der Waals surface area (Å²) in [5.74, 6) is 0.364. The molecule has 0 spiro atoms. The van der Waals surface area contributed by atoms with Crippen LogP contribution < -0.4 is 4.90 Å². The highest BCUT2D eigenvalue weighted by atomic mass is 35.5. The number of unbranched alkanes of at least 4 members (excludes halogenated alkanes) is 2. The van der Waals surface area contributed by atoms with Crippen molar-refractivity contribution in [2.45, 2.75) is 46.1 Å². The highest BCUT2D eigenvalue weighted by Gasteiger charge is 2.23. The molecule has 0 radical (unpaired) electrons. The Morgan fingerprint density at radius 1 is 1.42 bits per heavy atom. The highest BCUT2D eigenvalue weighted by molar-refractivity contribution is 6.29. The van der Waals surface area contributed by atoms with E-state index in [1.165, 1.54) is 12.1 Å². The molecule has 0 aliphatic carbocycles. The van der Waals surface area contributed by atoms with Gasteiger partial charge in [-0.25, -0.2) is 4.98 Å². The van der Waals surface area contributed by atoms with Gasteiger partial charge in [-0.3, -0.25) is 10.1 Å². The molecule has 19 heavy (non-hydrogen) atoms. The topological polar surface area (TPSA) is 59.3 Å². The molecular formula is C13H20ClN3O2. The van der Waals surface area contributed by atoms with Crippen LogP contribution in [0.4, 0.5) is 11.5 Å². The van der Waals surface area contributed by atoms with E-state index in [-0.39, 0.29) is 16.9 Å². The second-order valence-electron chi connectivity index (χ2n) is 4.73. The summed E-state index contributed by atoms with van der Waals surface area (Å²) in [5.41, 5.74) is 0.00889. The molecule has 5 nitrogen and oxygen atoms in total. The molecule has 106 valence electrons. The number of hydrogen-bond donors (Lipinski definition) is 0. The normalized spacial score (nSPS) is 10.8. The molecule has 1 aromatic heterocycles. The number of hydrogen-bond acceptors (Lipinski definition) is 4. The van der Waals surface area contributed by atoms with Gasteiger partial charge in [-0.2, -0.15) is 0 Å². The lowest BCUT2D eigenvalue weighted by Crippen LogP contribution is -2.33. The van der Waals surface area contributed by atoms with Gasteiger partial charge in [0.2, 0.25) is 5.82 Å². The number of pyridine rings is 1. The number of halogens is 1. The quantitative estimate of drug-likeness (QED) is 0.328. The van der Waals surface area contributed by atoms with Crippen molar-refractivity contribution in [3.63, 3.8) is 0 Å². The van der Waals surface area contributed by atoms with Gasteiger partial charge in [-0.1, -0.05) is 31.4 Å². The van der Waals surface area contributed by atoms with E-state index in [2.05, 4.69) is 11.9 Å². The van der Waals surface area contributed by atoms with Gasteiger partial charge < -0.3 is 4.90 Å². The van der Waals surface area contributed by atoms with Crippen LogP contribution in [0.1, 0.15) is 40.0 Å². The van der Waals surface area contributed by atoms with Gasteiger partial charge in [0.1, 0.15) is 5.15 Å². The number of nitrogens with zero attached hydrogens (tertiary/aromatic N) is 3. The van der Waals surface area contributed by atoms with Crippen LogP contribution in [0.5, 0.6) is 0 Å². The van der Waals surface area contributed by atoms with Crippen molar-refractivity contribution in [2.24, 2.45) is 0 Å². The molecule has 0 aliphatic heterocycles. The molecule has 6 heteroatoms. The van der Waals surface area contributed by atoms with Crippen LogP contribution in [0.2, 0.25) is 5.15 Å². The average molecular weight is 286 g/mol. The van der Waals surface area contributed by atoms with Crippen molar-refractivity contribution in [1.82, 2.24) is 4.98 Å². The first kappa shape index (κ1) is 15.7. The second kappa shape index (κ2) is 7.28. The van der Waals surface area contributed by atoms with E-state index in [1.807, 2.05) is 18.7 Å². The Hall–Kier alpha value is -1.36. The van der Waals surface area contributed by atoms with Gasteiger partial charge in [-0.05, 0) is 26.3 Å². The van der Waals surface area contributed by atoms with E-state index in [0.29, 0.717) is 5.82 Å². The Balaban J connectivity index is 3.06. The number of nitro groups is 1. The third-order valence-electron chi connectivity index (χ3n) is 2.92. The van der Waals surface area contributed by atoms with Crippen molar-refractivity contribution in [2.75, 3.05) is 11.4 Å². The lowest BCUT2D eigenvalue weighted by molar-refractivity contribution is -0.384. The van der Waals surface area contributed by atoms with Crippen LogP contribution >= 0.6 is 11.6 Å². The van der Waals surface area contributed by atoms with Crippen molar-refractivity contribution < 1.29 is 4.92 Å². The molecule has 0 fully saturated rings. The van der Waals surface area contributed by atoms with E-state index in [4.69, 9.17) is 11.6 Å². The summed E-state index contributed by atoms with van der Waals surface area (Å²) in [6.45, 7) is 6.87. The number of anilines is 1. The van der Waals surface area contributed by atoms with Crippen LogP contribution in [-0.2, 0) is 0 Å². The van der Waals surface area contributed by atoms with Gasteiger partial charge in [0.05, 0.1) is 4.92 Å². The van der Waals surface area contributed by atoms with Crippen molar-refractivity contribution >= 4 is 23.1 Å². The summed E-state index contributed by atoms with van der Waals surface area (Å²) in [6, 6.07) is 3.01. The SMILES string of the molecule is CCCCCN(c1nc(Cl)ccc1[N+](=O)[O-])C(C)C. The third-order valence-corrected chi connectivity index (χ3v) is 3.13. The molecule has 0 bridgehead atoms. The standard InChI is InChI=1S/C13H20ClN3O2/c1-4-5-6-9-16(10(2)3)13-11(17(18)19)7-8-12(14)15-13/h7-8,10H,4-6,9H2,1-3H3. The molecule has 0 unspecified atom stereocenters.